The van der Waals surface area contributed by atoms with Crippen molar-refractivity contribution in [3.8, 4) is 0 Å². The van der Waals surface area contributed by atoms with Crippen molar-refractivity contribution in [2.75, 3.05) is 0 Å². The Bertz CT molecular complexity index is 878. The molecular weight excluding hydrogens is 246 g/mol. The SMILES string of the molecule is c1coc(Cc2cccc3nc4ccccc4cc23)c1. The molecule has 0 atom stereocenters. The molecule has 0 saturated carbocycles. The highest BCUT2D eigenvalue weighted by molar-refractivity contribution is 5.94. The zero-order chi connectivity index (χ0) is 13.4. The van der Waals surface area contributed by atoms with Crippen molar-refractivity contribution >= 4 is 21.8 Å². The molecule has 0 aliphatic carbocycles. The number of benzene rings is 2. The van der Waals surface area contributed by atoms with Gasteiger partial charge in [0.2, 0.25) is 0 Å². The van der Waals surface area contributed by atoms with E-state index in [0.29, 0.717) is 0 Å². The van der Waals surface area contributed by atoms with E-state index in [4.69, 9.17) is 9.40 Å². The van der Waals surface area contributed by atoms with E-state index in [1.165, 1.54) is 16.3 Å². The van der Waals surface area contributed by atoms with Crippen LogP contribution in [0, 0.1) is 0 Å². The van der Waals surface area contributed by atoms with Crippen LogP contribution in [0.3, 0.4) is 0 Å². The molecule has 2 heterocycles. The van der Waals surface area contributed by atoms with E-state index in [-0.39, 0.29) is 0 Å². The van der Waals surface area contributed by atoms with Crippen LogP contribution in [0.15, 0.2) is 71.3 Å². The lowest BCUT2D eigenvalue weighted by molar-refractivity contribution is 0.521. The minimum absolute atomic E-state index is 0.796. The van der Waals surface area contributed by atoms with Gasteiger partial charge in [0.05, 0.1) is 17.3 Å². The summed E-state index contributed by atoms with van der Waals surface area (Å²) in [5.41, 5.74) is 3.32. The third-order valence-corrected chi connectivity index (χ3v) is 3.60. The zero-order valence-corrected chi connectivity index (χ0v) is 10.9. The Kier molecular flexibility index (Phi) is 2.52. The number of rotatable bonds is 2. The fourth-order valence-electron chi connectivity index (χ4n) is 2.62. The number of nitrogens with zero attached hydrogens (tertiary/aromatic N) is 1. The number of pyridine rings is 1. The molecule has 0 spiro atoms. The van der Waals surface area contributed by atoms with Gasteiger partial charge in [-0.15, -0.1) is 0 Å². The molecule has 0 bridgehead atoms. The molecule has 4 rings (SSSR count). The Morgan fingerprint density at radius 3 is 2.65 bits per heavy atom. The first-order valence-corrected chi connectivity index (χ1v) is 6.70. The van der Waals surface area contributed by atoms with E-state index in [9.17, 15) is 0 Å². The second-order valence-corrected chi connectivity index (χ2v) is 4.92. The van der Waals surface area contributed by atoms with Crippen molar-refractivity contribution in [3.05, 3.63) is 78.3 Å². The Labute approximate surface area is 116 Å². The van der Waals surface area contributed by atoms with Crippen LogP contribution in [0.5, 0.6) is 0 Å². The van der Waals surface area contributed by atoms with Crippen LogP contribution >= 0.6 is 0 Å². The molecule has 2 aromatic carbocycles. The minimum Gasteiger partial charge on any atom is -0.469 e. The van der Waals surface area contributed by atoms with Gasteiger partial charge in [-0.05, 0) is 35.9 Å². The number of para-hydroxylation sites is 1. The molecule has 2 heteroatoms. The van der Waals surface area contributed by atoms with Crippen molar-refractivity contribution < 1.29 is 4.42 Å². The lowest BCUT2D eigenvalue weighted by atomic mass is 10.0. The predicted octanol–water partition coefficient (Wildman–Crippen LogP) is 4.57. The molecule has 20 heavy (non-hydrogen) atoms. The fraction of sp³-hybridized carbons (Fsp3) is 0.0556. The first kappa shape index (κ1) is 11.2. The maximum atomic E-state index is 5.45. The third kappa shape index (κ3) is 1.86. The summed E-state index contributed by atoms with van der Waals surface area (Å²) in [6.07, 6.45) is 2.51. The summed E-state index contributed by atoms with van der Waals surface area (Å²) in [7, 11) is 0. The van der Waals surface area contributed by atoms with E-state index in [1.54, 1.807) is 6.26 Å². The lowest BCUT2D eigenvalue weighted by Crippen LogP contribution is -1.90. The minimum atomic E-state index is 0.796. The van der Waals surface area contributed by atoms with E-state index >= 15 is 0 Å². The Balaban J connectivity index is 1.94. The van der Waals surface area contributed by atoms with Gasteiger partial charge in [0.1, 0.15) is 5.76 Å². The summed E-state index contributed by atoms with van der Waals surface area (Å²) >= 11 is 0. The maximum absolute atomic E-state index is 5.45. The van der Waals surface area contributed by atoms with E-state index < -0.39 is 0 Å². The molecule has 0 aliphatic rings. The van der Waals surface area contributed by atoms with Gasteiger partial charge >= 0.3 is 0 Å². The first-order chi connectivity index (χ1) is 9.90. The third-order valence-electron chi connectivity index (χ3n) is 3.60. The quantitative estimate of drug-likeness (QED) is 0.493. The summed E-state index contributed by atoms with van der Waals surface area (Å²) in [6.45, 7) is 0. The number of furan rings is 1. The lowest BCUT2D eigenvalue weighted by Gasteiger charge is -2.06. The summed E-state index contributed by atoms with van der Waals surface area (Å²) < 4.78 is 5.45. The normalized spacial score (nSPS) is 11.2. The zero-order valence-electron chi connectivity index (χ0n) is 10.9. The topological polar surface area (TPSA) is 26.0 Å². The smallest absolute Gasteiger partial charge is 0.108 e. The van der Waals surface area contributed by atoms with E-state index in [1.807, 2.05) is 30.3 Å². The van der Waals surface area contributed by atoms with Gasteiger partial charge < -0.3 is 4.42 Å². The maximum Gasteiger partial charge on any atom is 0.108 e. The highest BCUT2D eigenvalue weighted by Crippen LogP contribution is 2.24. The summed E-state index contributed by atoms with van der Waals surface area (Å²) in [6, 6.07) is 20.6. The molecule has 2 nitrogen and oxygen atoms in total. The van der Waals surface area contributed by atoms with Crippen LogP contribution in [0.2, 0.25) is 0 Å². The van der Waals surface area contributed by atoms with Crippen molar-refractivity contribution in [2.45, 2.75) is 6.42 Å². The van der Waals surface area contributed by atoms with Gasteiger partial charge in [-0.3, -0.25) is 0 Å². The van der Waals surface area contributed by atoms with E-state index in [2.05, 4.69) is 30.3 Å². The van der Waals surface area contributed by atoms with Crippen LogP contribution in [-0.2, 0) is 6.42 Å². The largest absolute Gasteiger partial charge is 0.469 e. The van der Waals surface area contributed by atoms with Crippen LogP contribution in [0.25, 0.3) is 21.8 Å². The van der Waals surface area contributed by atoms with Crippen LogP contribution in [0.1, 0.15) is 11.3 Å². The second-order valence-electron chi connectivity index (χ2n) is 4.92. The number of fused-ring (bicyclic) bond motifs is 2. The molecule has 0 amide bonds. The van der Waals surface area contributed by atoms with Gasteiger partial charge in [-0.2, -0.15) is 0 Å². The van der Waals surface area contributed by atoms with Gasteiger partial charge in [0, 0.05) is 17.2 Å². The Morgan fingerprint density at radius 2 is 1.75 bits per heavy atom. The van der Waals surface area contributed by atoms with Crippen molar-refractivity contribution in [3.63, 3.8) is 0 Å². The van der Waals surface area contributed by atoms with Gasteiger partial charge in [-0.1, -0.05) is 30.3 Å². The molecule has 0 N–H and O–H groups in total. The number of hydrogen-bond acceptors (Lipinski definition) is 2. The molecule has 0 fully saturated rings. The molecule has 0 radical (unpaired) electrons. The molecule has 4 aromatic rings. The Hall–Kier alpha value is -2.61. The van der Waals surface area contributed by atoms with Crippen molar-refractivity contribution in [1.82, 2.24) is 4.98 Å². The fourth-order valence-corrected chi connectivity index (χ4v) is 2.62. The first-order valence-electron chi connectivity index (χ1n) is 6.70. The molecule has 0 saturated heterocycles. The predicted molar refractivity (Wildman–Crippen MR) is 80.8 cm³/mol. The molecule has 2 aromatic heterocycles. The highest BCUT2D eigenvalue weighted by atomic mass is 16.3. The van der Waals surface area contributed by atoms with Crippen LogP contribution in [-0.4, -0.2) is 4.98 Å². The number of hydrogen-bond donors (Lipinski definition) is 0. The number of aromatic nitrogens is 1. The van der Waals surface area contributed by atoms with E-state index in [0.717, 1.165) is 23.2 Å². The molecule has 0 unspecified atom stereocenters. The average Bonchev–Trinajstić information content (AvgIpc) is 2.99. The highest BCUT2D eigenvalue weighted by Gasteiger charge is 2.06. The molecular formula is C18H13NO. The van der Waals surface area contributed by atoms with Crippen molar-refractivity contribution in [2.24, 2.45) is 0 Å². The van der Waals surface area contributed by atoms with Crippen LogP contribution < -0.4 is 0 Å². The molecule has 0 aliphatic heterocycles. The van der Waals surface area contributed by atoms with Crippen LogP contribution in [0.4, 0.5) is 0 Å². The summed E-state index contributed by atoms with van der Waals surface area (Å²) in [5, 5.41) is 2.37. The van der Waals surface area contributed by atoms with Crippen molar-refractivity contribution in [1.29, 1.82) is 0 Å². The standard InChI is InChI=1S/C18H13NO/c1-2-8-17-14(5-1)12-16-13(6-3-9-18(16)19-17)11-15-7-4-10-20-15/h1-10,12H,11H2. The van der Waals surface area contributed by atoms with Gasteiger partial charge in [0.15, 0.2) is 0 Å². The summed E-state index contributed by atoms with van der Waals surface area (Å²) in [4.78, 5) is 4.74. The van der Waals surface area contributed by atoms with Gasteiger partial charge in [0.25, 0.3) is 0 Å². The monoisotopic (exact) mass is 259 g/mol. The second kappa shape index (κ2) is 4.49. The van der Waals surface area contributed by atoms with Gasteiger partial charge in [-0.25, -0.2) is 4.98 Å². The average molecular weight is 259 g/mol. The summed E-state index contributed by atoms with van der Waals surface area (Å²) in [5.74, 6) is 0.977. The Morgan fingerprint density at radius 1 is 0.850 bits per heavy atom. The molecule has 96 valence electrons.